The Balaban J connectivity index is 4.29. The summed E-state index contributed by atoms with van der Waals surface area (Å²) in [7, 11) is 0. The Kier molecular flexibility index (Phi) is 40.8. The van der Waals surface area contributed by atoms with E-state index in [9.17, 15) is 14.4 Å². The van der Waals surface area contributed by atoms with Gasteiger partial charge in [-0.05, 0) is 31.1 Å². The van der Waals surface area contributed by atoms with Crippen molar-refractivity contribution >= 4 is 17.9 Å². The Labute approximate surface area is 342 Å². The van der Waals surface area contributed by atoms with Crippen LogP contribution in [0.2, 0.25) is 0 Å². The van der Waals surface area contributed by atoms with Gasteiger partial charge in [0.1, 0.15) is 13.2 Å². The summed E-state index contributed by atoms with van der Waals surface area (Å²) in [4.78, 5) is 37.8. The molecule has 0 fully saturated rings. The van der Waals surface area contributed by atoms with E-state index >= 15 is 0 Å². The predicted molar refractivity (Wildman–Crippen MR) is 233 cm³/mol. The number of ether oxygens (including phenoxy) is 3. The number of hydrogen-bond acceptors (Lipinski definition) is 6. The third-order valence-electron chi connectivity index (χ3n) is 11.3. The molecule has 6 heteroatoms. The molecule has 0 aromatic carbocycles. The van der Waals surface area contributed by atoms with Crippen molar-refractivity contribution < 1.29 is 28.6 Å². The zero-order valence-electron chi connectivity index (χ0n) is 37.6. The fourth-order valence-corrected chi connectivity index (χ4v) is 7.25. The highest BCUT2D eigenvalue weighted by Crippen LogP contribution is 2.17. The first kappa shape index (κ1) is 53.4. The fraction of sp³-hybridized carbons (Fsp3) is 0.939. The highest BCUT2D eigenvalue weighted by atomic mass is 16.6. The van der Waals surface area contributed by atoms with Crippen molar-refractivity contribution in [2.45, 2.75) is 272 Å². The second-order valence-electron chi connectivity index (χ2n) is 17.5. The van der Waals surface area contributed by atoms with E-state index in [-0.39, 0.29) is 31.1 Å². The molecule has 0 radical (unpaired) electrons. The summed E-state index contributed by atoms with van der Waals surface area (Å²) in [5.41, 5.74) is 0. The first-order chi connectivity index (χ1) is 26.8. The number of carbonyl (C=O) groups excluding carboxylic acids is 3. The average Bonchev–Trinajstić information content (AvgIpc) is 3.17. The van der Waals surface area contributed by atoms with Crippen LogP contribution in [0.3, 0.4) is 0 Å². The third-order valence-corrected chi connectivity index (χ3v) is 11.3. The zero-order valence-corrected chi connectivity index (χ0v) is 37.6. The molecule has 0 N–H and O–H groups in total. The van der Waals surface area contributed by atoms with Crippen LogP contribution < -0.4 is 0 Å². The van der Waals surface area contributed by atoms with E-state index in [1.165, 1.54) is 154 Å². The molecule has 55 heavy (non-hydrogen) atoms. The minimum absolute atomic E-state index is 0.0653. The van der Waals surface area contributed by atoms with Gasteiger partial charge in [-0.15, -0.1) is 0 Å². The molecule has 0 rings (SSSR count). The first-order valence-corrected chi connectivity index (χ1v) is 24.3. The van der Waals surface area contributed by atoms with Gasteiger partial charge >= 0.3 is 17.9 Å². The highest BCUT2D eigenvalue weighted by Gasteiger charge is 2.19. The van der Waals surface area contributed by atoms with Gasteiger partial charge < -0.3 is 14.2 Å². The summed E-state index contributed by atoms with van der Waals surface area (Å²) in [6.45, 7) is 11.3. The van der Waals surface area contributed by atoms with Crippen LogP contribution >= 0.6 is 0 Å². The quantitative estimate of drug-likeness (QED) is 0.0348. The summed E-state index contributed by atoms with van der Waals surface area (Å²) in [6.07, 6.45) is 40.9. The molecule has 0 heterocycles. The molecule has 0 aliphatic heterocycles. The van der Waals surface area contributed by atoms with Crippen LogP contribution in [0, 0.1) is 11.8 Å². The van der Waals surface area contributed by atoms with Gasteiger partial charge in [-0.2, -0.15) is 0 Å². The summed E-state index contributed by atoms with van der Waals surface area (Å²) in [5.74, 6) is 0.770. The fourth-order valence-electron chi connectivity index (χ4n) is 7.25. The zero-order chi connectivity index (χ0) is 40.5. The molecule has 0 aliphatic carbocycles. The summed E-state index contributed by atoms with van der Waals surface area (Å²) in [6, 6.07) is 0. The van der Waals surface area contributed by atoms with Crippen LogP contribution in [0.1, 0.15) is 266 Å². The normalized spacial score (nSPS) is 12.5. The van der Waals surface area contributed by atoms with E-state index in [4.69, 9.17) is 14.2 Å². The lowest BCUT2D eigenvalue weighted by atomic mass is 9.99. The first-order valence-electron chi connectivity index (χ1n) is 24.3. The molecule has 0 spiro atoms. The maximum Gasteiger partial charge on any atom is 0.306 e. The molecule has 0 aromatic heterocycles. The molecule has 0 bridgehead atoms. The van der Waals surface area contributed by atoms with Crippen LogP contribution in [0.5, 0.6) is 0 Å². The second kappa shape index (κ2) is 42.0. The van der Waals surface area contributed by atoms with E-state index in [2.05, 4.69) is 34.6 Å². The molecular formula is C49H94O6. The Bertz CT molecular complexity index is 841. The highest BCUT2D eigenvalue weighted by molar-refractivity contribution is 5.71. The second-order valence-corrected chi connectivity index (χ2v) is 17.5. The number of hydrogen-bond donors (Lipinski definition) is 0. The largest absolute Gasteiger partial charge is 0.462 e. The van der Waals surface area contributed by atoms with Crippen LogP contribution in [0.25, 0.3) is 0 Å². The van der Waals surface area contributed by atoms with Gasteiger partial charge in [0.25, 0.3) is 0 Å². The van der Waals surface area contributed by atoms with Crippen molar-refractivity contribution in [3.05, 3.63) is 0 Å². The Morgan fingerprint density at radius 3 is 1.04 bits per heavy atom. The van der Waals surface area contributed by atoms with Gasteiger partial charge in [-0.1, -0.05) is 227 Å². The SMILES string of the molecule is CCCCCCCCCCCCCCCCC(=O)OC[C@H](COC(=O)CCCCCCCCCCCCC(C)CC)OC(=O)CCCCCCCCC(C)C. The smallest absolute Gasteiger partial charge is 0.306 e. The van der Waals surface area contributed by atoms with E-state index in [0.717, 1.165) is 69.6 Å². The number of unbranched alkanes of at least 4 members (excludes halogenated alkanes) is 27. The van der Waals surface area contributed by atoms with Gasteiger partial charge in [0, 0.05) is 19.3 Å². The molecule has 0 aromatic rings. The van der Waals surface area contributed by atoms with Crippen LogP contribution in [0.4, 0.5) is 0 Å². The maximum absolute atomic E-state index is 12.7. The van der Waals surface area contributed by atoms with Gasteiger partial charge in [-0.25, -0.2) is 0 Å². The maximum atomic E-state index is 12.7. The van der Waals surface area contributed by atoms with Crippen molar-refractivity contribution in [2.24, 2.45) is 11.8 Å². The van der Waals surface area contributed by atoms with E-state index in [1.54, 1.807) is 0 Å². The average molecular weight is 779 g/mol. The lowest BCUT2D eigenvalue weighted by Gasteiger charge is -2.18. The lowest BCUT2D eigenvalue weighted by Crippen LogP contribution is -2.30. The van der Waals surface area contributed by atoms with Crippen LogP contribution in [-0.4, -0.2) is 37.2 Å². The molecule has 0 saturated heterocycles. The van der Waals surface area contributed by atoms with Gasteiger partial charge in [0.2, 0.25) is 0 Å². The van der Waals surface area contributed by atoms with Gasteiger partial charge in [0.05, 0.1) is 0 Å². The van der Waals surface area contributed by atoms with Gasteiger partial charge in [-0.3, -0.25) is 14.4 Å². The van der Waals surface area contributed by atoms with Crippen molar-refractivity contribution in [2.75, 3.05) is 13.2 Å². The molecule has 6 nitrogen and oxygen atoms in total. The molecule has 0 aliphatic rings. The summed E-state index contributed by atoms with van der Waals surface area (Å²) in [5, 5.41) is 0. The molecule has 326 valence electrons. The number of esters is 3. The monoisotopic (exact) mass is 779 g/mol. The van der Waals surface area contributed by atoms with E-state index in [0.29, 0.717) is 19.3 Å². The minimum Gasteiger partial charge on any atom is -0.462 e. The van der Waals surface area contributed by atoms with Crippen LogP contribution in [0.15, 0.2) is 0 Å². The van der Waals surface area contributed by atoms with Crippen molar-refractivity contribution in [3.63, 3.8) is 0 Å². The Hall–Kier alpha value is -1.59. The lowest BCUT2D eigenvalue weighted by molar-refractivity contribution is -0.167. The summed E-state index contributed by atoms with van der Waals surface area (Å²) >= 11 is 0. The van der Waals surface area contributed by atoms with Crippen molar-refractivity contribution in [1.29, 1.82) is 0 Å². The molecule has 0 amide bonds. The summed E-state index contributed by atoms with van der Waals surface area (Å²) < 4.78 is 16.7. The van der Waals surface area contributed by atoms with E-state index in [1.807, 2.05) is 0 Å². The molecule has 1 unspecified atom stereocenters. The standard InChI is InChI=1S/C49H94O6/c1-6-8-9-10-11-12-13-14-15-16-20-23-29-34-39-47(50)53-42-46(55-49(52)41-36-31-26-25-27-32-37-44(3)4)43-54-48(51)40-35-30-24-21-18-17-19-22-28-33-38-45(5)7-2/h44-46H,6-43H2,1-5H3/t45?,46-/m1/s1. The molecule has 2 atom stereocenters. The topological polar surface area (TPSA) is 78.9 Å². The van der Waals surface area contributed by atoms with Crippen LogP contribution in [-0.2, 0) is 28.6 Å². The van der Waals surface area contributed by atoms with Gasteiger partial charge in [0.15, 0.2) is 6.10 Å². The minimum atomic E-state index is -0.761. The number of carbonyl (C=O) groups is 3. The predicted octanol–water partition coefficient (Wildman–Crippen LogP) is 15.4. The number of rotatable bonds is 43. The Morgan fingerprint density at radius 2 is 0.691 bits per heavy atom. The molecule has 0 saturated carbocycles. The van der Waals surface area contributed by atoms with E-state index < -0.39 is 6.10 Å². The Morgan fingerprint density at radius 1 is 0.382 bits per heavy atom. The van der Waals surface area contributed by atoms with Crippen molar-refractivity contribution in [1.82, 2.24) is 0 Å². The van der Waals surface area contributed by atoms with Crippen molar-refractivity contribution in [3.8, 4) is 0 Å². The third kappa shape index (κ3) is 41.9. The molecular weight excluding hydrogens is 685 g/mol.